The monoisotopic (exact) mass is 270 g/mol. The van der Waals surface area contributed by atoms with Gasteiger partial charge >= 0.3 is 0 Å². The van der Waals surface area contributed by atoms with Gasteiger partial charge in [-0.3, -0.25) is 9.79 Å². The van der Waals surface area contributed by atoms with Crippen molar-refractivity contribution in [2.45, 2.75) is 38.4 Å². The first-order chi connectivity index (χ1) is 8.52. The number of amides is 1. The van der Waals surface area contributed by atoms with Gasteiger partial charge in [0, 0.05) is 19.8 Å². The number of hydrogen-bond donors (Lipinski definition) is 1. The van der Waals surface area contributed by atoms with Crippen LogP contribution in [0, 0.1) is 11.8 Å². The molecule has 18 heavy (non-hydrogen) atoms. The number of nitrogens with one attached hydrogen (secondary N) is 1. The fraction of sp³-hybridized carbons (Fsp3) is 0.846. The minimum atomic E-state index is -0.367. The van der Waals surface area contributed by atoms with Gasteiger partial charge in [-0.05, 0) is 31.6 Å². The summed E-state index contributed by atoms with van der Waals surface area (Å²) in [6.07, 6.45) is 2.16. The van der Waals surface area contributed by atoms with Crippen molar-refractivity contribution in [1.82, 2.24) is 5.32 Å². The van der Waals surface area contributed by atoms with Gasteiger partial charge in [-0.25, -0.2) is 0 Å². The van der Waals surface area contributed by atoms with Crippen LogP contribution in [0.3, 0.4) is 0 Å². The lowest BCUT2D eigenvalue weighted by atomic mass is 9.96. The summed E-state index contributed by atoms with van der Waals surface area (Å²) in [6, 6.07) is 0. The maximum absolute atomic E-state index is 12.0. The molecular formula is C13H22N2O2S. The van der Waals surface area contributed by atoms with Crippen molar-refractivity contribution in [1.29, 1.82) is 0 Å². The zero-order valence-corrected chi connectivity index (χ0v) is 12.2. The molecule has 0 radical (unpaired) electrons. The Bertz CT molecular complexity index is 351. The first-order valence-corrected chi connectivity index (χ1v) is 7.46. The summed E-state index contributed by atoms with van der Waals surface area (Å²) in [5.74, 6) is 1.00. The zero-order chi connectivity index (χ0) is 13.2. The normalized spacial score (nSPS) is 32.2. The number of ether oxygens (including phenoxy) is 1. The van der Waals surface area contributed by atoms with Crippen LogP contribution in [0.5, 0.6) is 0 Å². The molecular weight excluding hydrogens is 248 g/mol. The van der Waals surface area contributed by atoms with Gasteiger partial charge in [0.2, 0.25) is 5.91 Å². The predicted octanol–water partition coefficient (Wildman–Crippen LogP) is 2.05. The molecule has 2 fully saturated rings. The lowest BCUT2D eigenvalue weighted by Gasteiger charge is -2.23. The Morgan fingerprint density at radius 2 is 2.17 bits per heavy atom. The molecule has 4 nitrogen and oxygen atoms in total. The second kappa shape index (κ2) is 5.61. The van der Waals surface area contributed by atoms with Crippen LogP contribution in [0.1, 0.15) is 33.6 Å². The summed E-state index contributed by atoms with van der Waals surface area (Å²) in [6.45, 7) is 8.65. The topological polar surface area (TPSA) is 50.7 Å². The summed E-state index contributed by atoms with van der Waals surface area (Å²) in [5.41, 5.74) is 0. The third-order valence-electron chi connectivity index (χ3n) is 3.92. The quantitative estimate of drug-likeness (QED) is 0.854. The molecule has 0 aliphatic carbocycles. The summed E-state index contributed by atoms with van der Waals surface area (Å²) >= 11 is 1.58. The average Bonchev–Trinajstić information content (AvgIpc) is 2.65. The molecule has 1 atom stereocenters. The van der Waals surface area contributed by atoms with E-state index >= 15 is 0 Å². The van der Waals surface area contributed by atoms with Crippen LogP contribution in [-0.2, 0) is 9.53 Å². The summed E-state index contributed by atoms with van der Waals surface area (Å²) in [4.78, 5) is 16.5. The highest BCUT2D eigenvalue weighted by Crippen LogP contribution is 2.38. The molecule has 1 amide bonds. The number of amidine groups is 1. The molecule has 0 saturated carbocycles. The molecule has 0 spiro atoms. The summed E-state index contributed by atoms with van der Waals surface area (Å²) in [7, 11) is 0. The number of carbonyl (C=O) groups excluding carboxylic acids is 1. The van der Waals surface area contributed by atoms with Crippen molar-refractivity contribution in [3.05, 3.63) is 0 Å². The SMILES string of the molecule is CC(C)C1(C)SC(=NCC2CCOCC2)NC1=O. The van der Waals surface area contributed by atoms with Crippen LogP contribution in [0.25, 0.3) is 0 Å². The molecule has 2 aliphatic rings. The lowest BCUT2D eigenvalue weighted by molar-refractivity contribution is -0.122. The molecule has 5 heteroatoms. The van der Waals surface area contributed by atoms with Crippen molar-refractivity contribution in [2.75, 3.05) is 19.8 Å². The maximum atomic E-state index is 12.0. The van der Waals surface area contributed by atoms with E-state index in [4.69, 9.17) is 4.74 Å². The van der Waals surface area contributed by atoms with Gasteiger partial charge in [0.25, 0.3) is 0 Å². The highest BCUT2D eigenvalue weighted by atomic mass is 32.2. The largest absolute Gasteiger partial charge is 0.381 e. The van der Waals surface area contributed by atoms with Crippen LogP contribution < -0.4 is 5.32 Å². The highest BCUT2D eigenvalue weighted by molar-refractivity contribution is 8.16. The molecule has 2 heterocycles. The number of thioether (sulfide) groups is 1. The van der Waals surface area contributed by atoms with Gasteiger partial charge in [-0.2, -0.15) is 0 Å². The number of hydrogen-bond acceptors (Lipinski definition) is 4. The van der Waals surface area contributed by atoms with E-state index < -0.39 is 0 Å². The van der Waals surface area contributed by atoms with E-state index in [1.165, 1.54) is 0 Å². The number of nitrogens with zero attached hydrogens (tertiary/aromatic N) is 1. The first-order valence-electron chi connectivity index (χ1n) is 6.65. The van der Waals surface area contributed by atoms with Gasteiger partial charge in [0.15, 0.2) is 5.17 Å². The van der Waals surface area contributed by atoms with E-state index in [0.717, 1.165) is 37.8 Å². The van der Waals surface area contributed by atoms with Gasteiger partial charge in [-0.1, -0.05) is 25.6 Å². The fourth-order valence-corrected chi connectivity index (χ4v) is 3.15. The Hall–Kier alpha value is -0.550. The van der Waals surface area contributed by atoms with Crippen LogP contribution in [-0.4, -0.2) is 35.6 Å². The number of carbonyl (C=O) groups is 1. The Morgan fingerprint density at radius 1 is 1.50 bits per heavy atom. The average molecular weight is 270 g/mol. The van der Waals surface area contributed by atoms with E-state index in [1.807, 2.05) is 6.92 Å². The van der Waals surface area contributed by atoms with Crippen molar-refractivity contribution in [3.8, 4) is 0 Å². The Labute approximate surface area is 113 Å². The third-order valence-corrected chi connectivity index (χ3v) is 5.42. The predicted molar refractivity (Wildman–Crippen MR) is 74.8 cm³/mol. The Morgan fingerprint density at radius 3 is 2.72 bits per heavy atom. The Kier molecular flexibility index (Phi) is 4.33. The maximum Gasteiger partial charge on any atom is 0.242 e. The molecule has 0 aromatic heterocycles. The number of aliphatic imine (C=N–C) groups is 1. The van der Waals surface area contributed by atoms with Gasteiger partial charge in [0.1, 0.15) is 4.75 Å². The smallest absolute Gasteiger partial charge is 0.242 e. The van der Waals surface area contributed by atoms with Crippen molar-refractivity contribution in [3.63, 3.8) is 0 Å². The molecule has 2 rings (SSSR count). The van der Waals surface area contributed by atoms with Crippen LogP contribution in [0.4, 0.5) is 0 Å². The molecule has 2 aliphatic heterocycles. The van der Waals surface area contributed by atoms with Gasteiger partial charge in [-0.15, -0.1) is 0 Å². The van der Waals surface area contributed by atoms with E-state index in [9.17, 15) is 4.79 Å². The molecule has 102 valence electrons. The molecule has 1 N–H and O–H groups in total. The Balaban J connectivity index is 1.93. The standard InChI is InChI=1S/C13H22N2O2S/c1-9(2)13(3)11(16)15-12(18-13)14-8-10-4-6-17-7-5-10/h9-10H,4-8H2,1-3H3,(H,14,15,16). The second-order valence-electron chi connectivity index (χ2n) is 5.52. The molecule has 0 aromatic rings. The van der Waals surface area contributed by atoms with Crippen LogP contribution in [0.15, 0.2) is 4.99 Å². The first kappa shape index (κ1) is 13.9. The van der Waals surface area contributed by atoms with Crippen molar-refractivity contribution in [2.24, 2.45) is 16.8 Å². The minimum absolute atomic E-state index is 0.0910. The molecule has 1 unspecified atom stereocenters. The van der Waals surface area contributed by atoms with Crippen molar-refractivity contribution < 1.29 is 9.53 Å². The molecule has 0 aromatic carbocycles. The van der Waals surface area contributed by atoms with E-state index in [-0.39, 0.29) is 10.7 Å². The van der Waals surface area contributed by atoms with Crippen LogP contribution >= 0.6 is 11.8 Å². The molecule has 0 bridgehead atoms. The van der Waals surface area contributed by atoms with Crippen LogP contribution in [0.2, 0.25) is 0 Å². The van der Waals surface area contributed by atoms with E-state index in [1.54, 1.807) is 11.8 Å². The number of rotatable bonds is 3. The summed E-state index contributed by atoms with van der Waals surface area (Å²) < 4.78 is 4.96. The van der Waals surface area contributed by atoms with Crippen molar-refractivity contribution >= 4 is 22.8 Å². The minimum Gasteiger partial charge on any atom is -0.381 e. The van der Waals surface area contributed by atoms with Gasteiger partial charge in [0.05, 0.1) is 0 Å². The highest BCUT2D eigenvalue weighted by Gasteiger charge is 2.44. The van der Waals surface area contributed by atoms with Gasteiger partial charge < -0.3 is 10.1 Å². The lowest BCUT2D eigenvalue weighted by Crippen LogP contribution is -2.38. The zero-order valence-electron chi connectivity index (χ0n) is 11.4. The molecule has 2 saturated heterocycles. The summed E-state index contributed by atoms with van der Waals surface area (Å²) in [5, 5.41) is 3.70. The van der Waals surface area contributed by atoms with E-state index in [2.05, 4.69) is 24.2 Å². The fourth-order valence-electron chi connectivity index (χ4n) is 2.09. The third kappa shape index (κ3) is 2.88. The second-order valence-corrected chi connectivity index (χ2v) is 6.96. The van der Waals surface area contributed by atoms with E-state index in [0.29, 0.717) is 11.8 Å².